The van der Waals surface area contributed by atoms with Crippen molar-refractivity contribution in [3.05, 3.63) is 0 Å². The predicted octanol–water partition coefficient (Wildman–Crippen LogP) is 1.60. The van der Waals surface area contributed by atoms with E-state index in [0.29, 0.717) is 17.6 Å². The highest BCUT2D eigenvalue weighted by molar-refractivity contribution is 5.82. The molecule has 0 aliphatic carbocycles. The molecule has 0 aromatic heterocycles. The van der Waals surface area contributed by atoms with Crippen LogP contribution in [0.1, 0.15) is 33.1 Å². The van der Waals surface area contributed by atoms with E-state index < -0.39 is 0 Å². The Morgan fingerprint density at radius 2 is 2.42 bits per heavy atom. The molecular formula is C10H19NO. The summed E-state index contributed by atoms with van der Waals surface area (Å²) in [7, 11) is 0. The summed E-state index contributed by atoms with van der Waals surface area (Å²) in [5, 5.41) is 3.27. The zero-order valence-corrected chi connectivity index (χ0v) is 8.10. The van der Waals surface area contributed by atoms with Crippen LogP contribution in [0, 0.1) is 11.8 Å². The van der Waals surface area contributed by atoms with Gasteiger partial charge in [-0.05, 0) is 12.3 Å². The highest BCUT2D eigenvalue weighted by atomic mass is 16.1. The van der Waals surface area contributed by atoms with E-state index in [2.05, 4.69) is 19.2 Å². The van der Waals surface area contributed by atoms with Crippen molar-refractivity contribution in [2.75, 3.05) is 13.1 Å². The van der Waals surface area contributed by atoms with E-state index in [1.54, 1.807) is 0 Å². The van der Waals surface area contributed by atoms with Crippen molar-refractivity contribution in [2.24, 2.45) is 11.8 Å². The molecule has 1 aliphatic heterocycles. The molecule has 1 saturated heterocycles. The molecule has 0 bridgehead atoms. The first-order valence-corrected chi connectivity index (χ1v) is 4.97. The van der Waals surface area contributed by atoms with Crippen LogP contribution in [0.2, 0.25) is 0 Å². The quantitative estimate of drug-likeness (QED) is 0.695. The predicted molar refractivity (Wildman–Crippen MR) is 50.1 cm³/mol. The maximum Gasteiger partial charge on any atom is 0.138 e. The van der Waals surface area contributed by atoms with Gasteiger partial charge in [0, 0.05) is 25.4 Å². The van der Waals surface area contributed by atoms with Gasteiger partial charge < -0.3 is 5.32 Å². The largest absolute Gasteiger partial charge is 0.316 e. The minimum atomic E-state index is 0.300. The lowest BCUT2D eigenvalue weighted by Gasteiger charge is -2.23. The van der Waals surface area contributed by atoms with E-state index in [1.165, 1.54) is 6.42 Å². The lowest BCUT2D eigenvalue weighted by molar-refractivity contribution is -0.124. The molecule has 0 saturated carbocycles. The Bertz CT molecular complexity index is 156. The molecule has 70 valence electrons. The monoisotopic (exact) mass is 169 g/mol. The fraction of sp³-hybridized carbons (Fsp3) is 0.900. The third-order valence-electron chi connectivity index (χ3n) is 2.78. The summed E-state index contributed by atoms with van der Waals surface area (Å²) >= 11 is 0. The van der Waals surface area contributed by atoms with Gasteiger partial charge in [0.25, 0.3) is 0 Å². The molecule has 1 aliphatic rings. The first-order chi connectivity index (χ1) is 5.74. The van der Waals surface area contributed by atoms with Gasteiger partial charge in [-0.2, -0.15) is 0 Å². The Morgan fingerprint density at radius 1 is 1.67 bits per heavy atom. The number of Topliss-reactive ketones (excluding diaryl/α,β-unsaturated/α-hetero) is 1. The Hall–Kier alpha value is -0.370. The van der Waals surface area contributed by atoms with Crippen molar-refractivity contribution in [3.63, 3.8) is 0 Å². The van der Waals surface area contributed by atoms with Gasteiger partial charge in [0.15, 0.2) is 0 Å². The van der Waals surface area contributed by atoms with Crippen LogP contribution in [0.25, 0.3) is 0 Å². The molecule has 0 aromatic rings. The topological polar surface area (TPSA) is 29.1 Å². The van der Waals surface area contributed by atoms with Crippen LogP contribution in [-0.2, 0) is 4.79 Å². The van der Waals surface area contributed by atoms with Crippen molar-refractivity contribution < 1.29 is 4.79 Å². The number of carbonyl (C=O) groups excluding carboxylic acids is 1. The minimum absolute atomic E-state index is 0.300. The maximum atomic E-state index is 11.4. The van der Waals surface area contributed by atoms with Crippen molar-refractivity contribution in [1.29, 1.82) is 0 Å². The average molecular weight is 169 g/mol. The molecule has 0 aromatic carbocycles. The van der Waals surface area contributed by atoms with E-state index in [1.807, 2.05) is 0 Å². The highest BCUT2D eigenvalue weighted by Gasteiger charge is 2.22. The molecule has 0 radical (unpaired) electrons. The number of hydrogen-bond donors (Lipinski definition) is 1. The van der Waals surface area contributed by atoms with Crippen molar-refractivity contribution in [2.45, 2.75) is 33.1 Å². The molecule has 2 nitrogen and oxygen atoms in total. The van der Waals surface area contributed by atoms with Crippen LogP contribution in [0.15, 0.2) is 0 Å². The molecule has 0 spiro atoms. The average Bonchev–Trinajstić information content (AvgIpc) is 2.09. The van der Waals surface area contributed by atoms with Gasteiger partial charge in [-0.3, -0.25) is 4.79 Å². The Morgan fingerprint density at radius 3 is 3.00 bits per heavy atom. The fourth-order valence-electron chi connectivity index (χ4n) is 1.67. The Kier molecular flexibility index (Phi) is 3.73. The molecular weight excluding hydrogens is 150 g/mol. The molecule has 2 atom stereocenters. The van der Waals surface area contributed by atoms with E-state index in [4.69, 9.17) is 0 Å². The summed E-state index contributed by atoms with van der Waals surface area (Å²) in [6.07, 6.45) is 2.99. The molecule has 1 N–H and O–H groups in total. The molecule has 2 unspecified atom stereocenters. The fourth-order valence-corrected chi connectivity index (χ4v) is 1.67. The standard InChI is InChI=1S/C10H19NO/c1-3-8(2)6-9-7-11-5-4-10(9)12/h8-9,11H,3-7H2,1-2H3. The van der Waals surface area contributed by atoms with Crippen molar-refractivity contribution in [1.82, 2.24) is 5.32 Å². The zero-order chi connectivity index (χ0) is 8.97. The van der Waals surface area contributed by atoms with Gasteiger partial charge in [-0.15, -0.1) is 0 Å². The number of carbonyl (C=O) groups is 1. The van der Waals surface area contributed by atoms with Crippen LogP contribution >= 0.6 is 0 Å². The number of rotatable bonds is 3. The summed E-state index contributed by atoms with van der Waals surface area (Å²) < 4.78 is 0. The number of nitrogens with one attached hydrogen (secondary N) is 1. The second-order valence-corrected chi connectivity index (χ2v) is 3.87. The molecule has 1 rings (SSSR count). The summed E-state index contributed by atoms with van der Waals surface area (Å²) in [5.41, 5.74) is 0. The molecule has 12 heavy (non-hydrogen) atoms. The number of ketones is 1. The van der Waals surface area contributed by atoms with Gasteiger partial charge in [-0.1, -0.05) is 20.3 Å². The maximum absolute atomic E-state index is 11.4. The number of piperidine rings is 1. The Balaban J connectivity index is 2.34. The van der Waals surface area contributed by atoms with Crippen molar-refractivity contribution >= 4 is 5.78 Å². The first-order valence-electron chi connectivity index (χ1n) is 4.97. The summed E-state index contributed by atoms with van der Waals surface area (Å²) in [6, 6.07) is 0. The molecule has 1 fully saturated rings. The zero-order valence-electron chi connectivity index (χ0n) is 8.10. The van der Waals surface area contributed by atoms with Crippen LogP contribution < -0.4 is 5.32 Å². The Labute approximate surface area is 74.7 Å². The SMILES string of the molecule is CCC(C)CC1CNCCC1=O. The normalized spacial score (nSPS) is 27.2. The third-order valence-corrected chi connectivity index (χ3v) is 2.78. The van der Waals surface area contributed by atoms with Crippen LogP contribution in [0.4, 0.5) is 0 Å². The van der Waals surface area contributed by atoms with Crippen molar-refractivity contribution in [3.8, 4) is 0 Å². The van der Waals surface area contributed by atoms with Gasteiger partial charge in [0.05, 0.1) is 0 Å². The van der Waals surface area contributed by atoms with Gasteiger partial charge in [0.1, 0.15) is 5.78 Å². The lowest BCUT2D eigenvalue weighted by atomic mass is 9.88. The second-order valence-electron chi connectivity index (χ2n) is 3.87. The molecule has 0 amide bonds. The van der Waals surface area contributed by atoms with E-state index >= 15 is 0 Å². The van der Waals surface area contributed by atoms with Gasteiger partial charge in [0.2, 0.25) is 0 Å². The molecule has 1 heterocycles. The number of hydrogen-bond acceptors (Lipinski definition) is 2. The highest BCUT2D eigenvalue weighted by Crippen LogP contribution is 2.18. The first kappa shape index (κ1) is 9.72. The smallest absolute Gasteiger partial charge is 0.138 e. The lowest BCUT2D eigenvalue weighted by Crippen LogP contribution is -2.37. The van der Waals surface area contributed by atoms with E-state index in [-0.39, 0.29) is 0 Å². The van der Waals surface area contributed by atoms with Crippen LogP contribution in [0.3, 0.4) is 0 Å². The van der Waals surface area contributed by atoms with Gasteiger partial charge in [-0.25, -0.2) is 0 Å². The van der Waals surface area contributed by atoms with E-state index in [0.717, 1.165) is 25.9 Å². The van der Waals surface area contributed by atoms with Crippen LogP contribution in [-0.4, -0.2) is 18.9 Å². The molecule has 2 heteroatoms. The minimum Gasteiger partial charge on any atom is -0.316 e. The van der Waals surface area contributed by atoms with Crippen LogP contribution in [0.5, 0.6) is 0 Å². The summed E-state index contributed by atoms with van der Waals surface area (Å²) in [4.78, 5) is 11.4. The van der Waals surface area contributed by atoms with Gasteiger partial charge >= 0.3 is 0 Å². The third kappa shape index (κ3) is 2.59. The van der Waals surface area contributed by atoms with E-state index in [9.17, 15) is 4.79 Å². The second kappa shape index (κ2) is 4.61. The summed E-state index contributed by atoms with van der Waals surface area (Å²) in [5.74, 6) is 1.46. The summed E-state index contributed by atoms with van der Waals surface area (Å²) in [6.45, 7) is 6.20.